The molecule has 0 spiro atoms. The van der Waals surface area contributed by atoms with Gasteiger partial charge in [-0.3, -0.25) is 33.6 Å². The zero-order valence-corrected chi connectivity index (χ0v) is 20.2. The highest BCUT2D eigenvalue weighted by Crippen LogP contribution is 2.25. The Hall–Kier alpha value is -3.43. The molecule has 3 heterocycles. The number of piperidine rings is 2. The largest absolute Gasteiger partial charge is 0.352 e. The van der Waals surface area contributed by atoms with E-state index in [2.05, 4.69) is 10.6 Å². The average molecular weight is 484 g/mol. The summed E-state index contributed by atoms with van der Waals surface area (Å²) in [7, 11) is 1.64. The van der Waals surface area contributed by atoms with Crippen LogP contribution in [0.5, 0.6) is 0 Å². The number of carbonyl (C=O) groups is 4. The van der Waals surface area contributed by atoms with E-state index < -0.39 is 11.9 Å². The predicted molar refractivity (Wildman–Crippen MR) is 129 cm³/mol. The number of fused-ring (bicyclic) bond motifs is 1. The van der Waals surface area contributed by atoms with Gasteiger partial charge in [0.15, 0.2) is 0 Å². The number of imidazole rings is 1. The van der Waals surface area contributed by atoms with Crippen molar-refractivity contribution in [3.05, 3.63) is 34.2 Å². The van der Waals surface area contributed by atoms with E-state index in [9.17, 15) is 24.0 Å². The maximum Gasteiger partial charge on any atom is 0.329 e. The monoisotopic (exact) mass is 483 g/mol. The first-order valence-electron chi connectivity index (χ1n) is 12.4. The molecular formula is C25H33N5O5. The summed E-state index contributed by atoms with van der Waals surface area (Å²) in [5.74, 6) is -0.743. The molecule has 4 amide bonds. The minimum absolute atomic E-state index is 0.109. The molecule has 2 aliphatic rings. The zero-order valence-electron chi connectivity index (χ0n) is 20.2. The molecule has 10 heteroatoms. The fraction of sp³-hybridized carbons (Fsp3) is 0.560. The van der Waals surface area contributed by atoms with Crippen molar-refractivity contribution in [2.24, 2.45) is 7.05 Å². The second-order valence-corrected chi connectivity index (χ2v) is 9.39. The molecule has 1 aromatic heterocycles. The number of nitrogens with one attached hydrogen (secondary N) is 2. The Bertz CT molecular complexity index is 1190. The van der Waals surface area contributed by atoms with Crippen molar-refractivity contribution < 1.29 is 19.2 Å². The number of nitrogens with zero attached hydrogens (tertiary/aromatic N) is 3. The van der Waals surface area contributed by atoms with E-state index in [4.69, 9.17) is 0 Å². The number of hydrogen-bond acceptors (Lipinski definition) is 5. The molecule has 2 saturated heterocycles. The van der Waals surface area contributed by atoms with Gasteiger partial charge < -0.3 is 10.2 Å². The van der Waals surface area contributed by atoms with Gasteiger partial charge in [0.05, 0.1) is 11.0 Å². The van der Waals surface area contributed by atoms with Crippen LogP contribution in [0.3, 0.4) is 0 Å². The van der Waals surface area contributed by atoms with Gasteiger partial charge in [-0.25, -0.2) is 4.79 Å². The highest BCUT2D eigenvalue weighted by Gasteiger charge is 2.31. The van der Waals surface area contributed by atoms with E-state index in [1.807, 2.05) is 11.0 Å². The third kappa shape index (κ3) is 5.47. The van der Waals surface area contributed by atoms with Crippen LogP contribution >= 0.6 is 0 Å². The average Bonchev–Trinajstić information content (AvgIpc) is 3.11. The van der Waals surface area contributed by atoms with Gasteiger partial charge >= 0.3 is 5.69 Å². The number of unbranched alkanes of at least 4 members (excludes halogenated alkanes) is 1. The van der Waals surface area contributed by atoms with Gasteiger partial charge in [-0.15, -0.1) is 0 Å². The van der Waals surface area contributed by atoms with Crippen molar-refractivity contribution in [2.45, 2.75) is 70.4 Å². The van der Waals surface area contributed by atoms with Crippen LogP contribution in [0.25, 0.3) is 11.0 Å². The number of hydrogen-bond donors (Lipinski definition) is 2. The molecule has 0 aliphatic carbocycles. The van der Waals surface area contributed by atoms with E-state index in [0.717, 1.165) is 31.5 Å². The molecular weight excluding hydrogens is 450 g/mol. The first kappa shape index (κ1) is 24.7. The third-order valence-corrected chi connectivity index (χ3v) is 6.94. The van der Waals surface area contributed by atoms with E-state index in [1.165, 1.54) is 15.6 Å². The van der Waals surface area contributed by atoms with Gasteiger partial charge in [-0.05, 0) is 50.2 Å². The lowest BCUT2D eigenvalue weighted by Gasteiger charge is -2.26. The van der Waals surface area contributed by atoms with Crippen molar-refractivity contribution >= 4 is 34.7 Å². The highest BCUT2D eigenvalue weighted by molar-refractivity contribution is 6.00. The molecule has 2 fully saturated rings. The standard InChI is InChI=1S/C25H33N5O5/c1-28-23-17(16-26-20(31)10-3-4-11-22(33)29-14-5-2-6-15-29)8-7-9-18(23)30(25(28)35)19-12-13-21(32)27-24(19)34/h7-9,19H,2-6,10-16H2,1H3,(H,26,31)(H,27,32,34). The summed E-state index contributed by atoms with van der Waals surface area (Å²) in [5, 5.41) is 5.22. The first-order chi connectivity index (χ1) is 16.9. The summed E-state index contributed by atoms with van der Waals surface area (Å²) in [6.07, 6.45) is 5.91. The molecule has 10 nitrogen and oxygen atoms in total. The second-order valence-electron chi connectivity index (χ2n) is 9.39. The number of carbonyl (C=O) groups excluding carboxylic acids is 4. The lowest BCUT2D eigenvalue weighted by atomic mass is 10.1. The third-order valence-electron chi connectivity index (χ3n) is 6.94. The molecule has 35 heavy (non-hydrogen) atoms. The van der Waals surface area contributed by atoms with Crippen LogP contribution in [0.15, 0.2) is 23.0 Å². The number of benzene rings is 1. The summed E-state index contributed by atoms with van der Waals surface area (Å²) < 4.78 is 2.91. The quantitative estimate of drug-likeness (QED) is 0.435. The number of amides is 4. The van der Waals surface area contributed by atoms with Crippen molar-refractivity contribution in [1.29, 1.82) is 0 Å². The minimum Gasteiger partial charge on any atom is -0.352 e. The maximum absolute atomic E-state index is 13.0. The van der Waals surface area contributed by atoms with Crippen LogP contribution in [0.1, 0.15) is 69.4 Å². The Labute approximate surface area is 203 Å². The molecule has 4 rings (SSSR count). The lowest BCUT2D eigenvalue weighted by molar-refractivity contribution is -0.136. The summed E-state index contributed by atoms with van der Waals surface area (Å²) in [6.45, 7) is 1.94. The Balaban J connectivity index is 1.35. The van der Waals surface area contributed by atoms with Crippen molar-refractivity contribution in [2.75, 3.05) is 13.1 Å². The molecule has 0 radical (unpaired) electrons. The van der Waals surface area contributed by atoms with Crippen molar-refractivity contribution in [3.8, 4) is 0 Å². The normalized spacial score (nSPS) is 18.5. The van der Waals surface area contributed by atoms with Crippen LogP contribution in [0.4, 0.5) is 0 Å². The van der Waals surface area contributed by atoms with Gasteiger partial charge in [0.1, 0.15) is 6.04 Å². The lowest BCUT2D eigenvalue weighted by Crippen LogP contribution is -2.44. The molecule has 2 aromatic rings. The number of aryl methyl sites for hydroxylation is 1. The van der Waals surface area contributed by atoms with Crippen LogP contribution in [-0.2, 0) is 32.8 Å². The summed E-state index contributed by atoms with van der Waals surface area (Å²) in [4.78, 5) is 63.5. The SMILES string of the molecule is Cn1c(=O)n(C2CCC(=O)NC2=O)c2cccc(CNC(=O)CCCCC(=O)N3CCCCC3)c21. The molecule has 0 bridgehead atoms. The van der Waals surface area contributed by atoms with Crippen molar-refractivity contribution in [3.63, 3.8) is 0 Å². The maximum atomic E-state index is 13.0. The summed E-state index contributed by atoms with van der Waals surface area (Å²) in [6, 6.07) is 4.65. The minimum atomic E-state index is -0.749. The topological polar surface area (TPSA) is 123 Å². The second kappa shape index (κ2) is 10.9. The molecule has 188 valence electrons. The van der Waals surface area contributed by atoms with E-state index >= 15 is 0 Å². The Kier molecular flexibility index (Phi) is 7.67. The Morgan fingerprint density at radius 3 is 2.54 bits per heavy atom. The van der Waals surface area contributed by atoms with Crippen LogP contribution in [0.2, 0.25) is 0 Å². The summed E-state index contributed by atoms with van der Waals surface area (Å²) >= 11 is 0. The molecule has 2 N–H and O–H groups in total. The number of likely N-dealkylation sites (tertiary alicyclic amines) is 1. The summed E-state index contributed by atoms with van der Waals surface area (Å²) in [5.41, 5.74) is 1.66. The van der Waals surface area contributed by atoms with Gasteiger partial charge in [0, 0.05) is 45.9 Å². The first-order valence-corrected chi connectivity index (χ1v) is 12.4. The smallest absolute Gasteiger partial charge is 0.329 e. The fourth-order valence-electron chi connectivity index (χ4n) is 5.04. The van der Waals surface area contributed by atoms with E-state index in [-0.39, 0.29) is 42.8 Å². The highest BCUT2D eigenvalue weighted by atomic mass is 16.2. The van der Waals surface area contributed by atoms with E-state index in [1.54, 1.807) is 19.2 Å². The number of rotatable bonds is 8. The van der Waals surface area contributed by atoms with Crippen LogP contribution in [0, 0.1) is 0 Å². The molecule has 2 aliphatic heterocycles. The Morgan fingerprint density at radius 2 is 1.80 bits per heavy atom. The van der Waals surface area contributed by atoms with Gasteiger partial charge in [0.25, 0.3) is 0 Å². The number of imide groups is 1. The number of aromatic nitrogens is 2. The van der Waals surface area contributed by atoms with Gasteiger partial charge in [-0.2, -0.15) is 0 Å². The molecule has 1 unspecified atom stereocenters. The molecule has 0 saturated carbocycles. The van der Waals surface area contributed by atoms with Crippen molar-refractivity contribution in [1.82, 2.24) is 24.7 Å². The van der Waals surface area contributed by atoms with Crippen LogP contribution < -0.4 is 16.3 Å². The predicted octanol–water partition coefficient (Wildman–Crippen LogP) is 1.51. The zero-order chi connectivity index (χ0) is 24.9. The Morgan fingerprint density at radius 1 is 1.06 bits per heavy atom. The molecule has 1 aromatic carbocycles. The van der Waals surface area contributed by atoms with E-state index in [0.29, 0.717) is 36.7 Å². The van der Waals surface area contributed by atoms with Crippen LogP contribution in [-0.4, -0.2) is 50.8 Å². The number of para-hydroxylation sites is 1. The fourth-order valence-corrected chi connectivity index (χ4v) is 5.04. The molecule has 1 atom stereocenters. The van der Waals surface area contributed by atoms with Gasteiger partial charge in [-0.1, -0.05) is 12.1 Å². The van der Waals surface area contributed by atoms with Gasteiger partial charge in [0.2, 0.25) is 23.6 Å².